The predicted molar refractivity (Wildman–Crippen MR) is 260 cm³/mol. The predicted octanol–water partition coefficient (Wildman–Crippen LogP) is 12.4. The van der Waals surface area contributed by atoms with Crippen LogP contribution in [0.5, 0.6) is 0 Å². The van der Waals surface area contributed by atoms with E-state index in [9.17, 15) is 15.8 Å². The average molecular weight is 857 g/mol. The lowest BCUT2D eigenvalue weighted by atomic mass is 9.92. The van der Waals surface area contributed by atoms with Crippen molar-refractivity contribution in [1.29, 1.82) is 15.8 Å². The van der Waals surface area contributed by atoms with E-state index < -0.39 is 0 Å². The van der Waals surface area contributed by atoms with Crippen LogP contribution in [0.1, 0.15) is 16.7 Å². The SMILES string of the molecule is N#Cc1cc(C#N)c(-c2ccc3c(c2)c2ccccc2n3-c2c(-c3nc(-c4ccccc4)nc(-c4ccccc4)n3)cccc2-c2nc(-c3ccccc3)nc(-c3ccccc3)n2)c(C#N)c1. The third kappa shape index (κ3) is 7.27. The van der Waals surface area contributed by atoms with Crippen molar-refractivity contribution in [2.45, 2.75) is 0 Å². The molecule has 0 bridgehead atoms. The number of nitriles is 3. The Morgan fingerprint density at radius 2 is 0.731 bits per heavy atom. The second-order valence-corrected chi connectivity index (χ2v) is 15.6. The summed E-state index contributed by atoms with van der Waals surface area (Å²) in [5.41, 5.74) is 8.96. The molecule has 0 aliphatic heterocycles. The highest BCUT2D eigenvalue weighted by atomic mass is 15.1. The highest BCUT2D eigenvalue weighted by molar-refractivity contribution is 6.12. The highest BCUT2D eigenvalue weighted by Crippen LogP contribution is 2.43. The quantitative estimate of drug-likeness (QED) is 0.145. The summed E-state index contributed by atoms with van der Waals surface area (Å²) in [5.74, 6) is 2.90. The van der Waals surface area contributed by atoms with Gasteiger partial charge < -0.3 is 4.57 Å². The summed E-state index contributed by atoms with van der Waals surface area (Å²) >= 11 is 0. The molecule has 0 unspecified atom stereocenters. The van der Waals surface area contributed by atoms with Crippen LogP contribution in [-0.4, -0.2) is 34.5 Å². The Morgan fingerprint density at radius 1 is 0.328 bits per heavy atom. The fraction of sp³-hybridized carbons (Fsp3) is 0. The third-order valence-electron chi connectivity index (χ3n) is 11.6. The number of nitrogens with zero attached hydrogens (tertiary/aromatic N) is 10. The summed E-state index contributed by atoms with van der Waals surface area (Å²) < 4.78 is 2.19. The maximum Gasteiger partial charge on any atom is 0.166 e. The fourth-order valence-corrected chi connectivity index (χ4v) is 8.57. The number of benzene rings is 8. The Bertz CT molecular complexity index is 3530. The minimum atomic E-state index is 0.239. The first kappa shape index (κ1) is 39.9. The number of hydrogen-bond acceptors (Lipinski definition) is 9. The molecule has 3 heterocycles. The van der Waals surface area contributed by atoms with Gasteiger partial charge in [-0.05, 0) is 48.0 Å². The smallest absolute Gasteiger partial charge is 0.166 e. The number of aromatic nitrogens is 7. The maximum absolute atomic E-state index is 10.3. The van der Waals surface area contributed by atoms with Gasteiger partial charge in [0.05, 0.1) is 51.6 Å². The molecule has 0 saturated heterocycles. The van der Waals surface area contributed by atoms with Crippen LogP contribution in [0.15, 0.2) is 194 Å². The number of fused-ring (bicyclic) bond motifs is 3. The van der Waals surface area contributed by atoms with E-state index in [1.54, 1.807) is 0 Å². The molecule has 3 aromatic heterocycles. The normalized spacial score (nSPS) is 10.9. The van der Waals surface area contributed by atoms with Crippen molar-refractivity contribution in [3.8, 4) is 103 Å². The van der Waals surface area contributed by atoms with Gasteiger partial charge in [0, 0.05) is 49.7 Å². The van der Waals surface area contributed by atoms with Crippen LogP contribution in [0.2, 0.25) is 0 Å². The van der Waals surface area contributed by atoms with E-state index in [0.717, 1.165) is 44.1 Å². The van der Waals surface area contributed by atoms with Crippen LogP contribution in [0, 0.1) is 34.0 Å². The van der Waals surface area contributed by atoms with Gasteiger partial charge in [0.2, 0.25) is 0 Å². The summed E-state index contributed by atoms with van der Waals surface area (Å²) in [6.45, 7) is 0. The van der Waals surface area contributed by atoms with Gasteiger partial charge in [-0.25, -0.2) is 29.9 Å². The molecular formula is C57H32N10. The van der Waals surface area contributed by atoms with Crippen molar-refractivity contribution in [3.63, 3.8) is 0 Å². The topological polar surface area (TPSA) is 154 Å². The van der Waals surface area contributed by atoms with E-state index in [0.29, 0.717) is 62.9 Å². The molecule has 0 aliphatic carbocycles. The van der Waals surface area contributed by atoms with E-state index in [-0.39, 0.29) is 16.7 Å². The maximum atomic E-state index is 10.3. The molecule has 0 amide bonds. The fourth-order valence-electron chi connectivity index (χ4n) is 8.57. The van der Waals surface area contributed by atoms with Crippen LogP contribution in [0.4, 0.5) is 0 Å². The molecule has 11 rings (SSSR count). The van der Waals surface area contributed by atoms with E-state index in [2.05, 4.69) is 34.9 Å². The molecular weight excluding hydrogens is 825 g/mol. The summed E-state index contributed by atoms with van der Waals surface area (Å²) in [6.07, 6.45) is 0. The molecule has 11 aromatic rings. The van der Waals surface area contributed by atoms with Crippen LogP contribution < -0.4 is 0 Å². The minimum absolute atomic E-state index is 0.239. The summed E-state index contributed by atoms with van der Waals surface area (Å²) in [4.78, 5) is 30.9. The van der Waals surface area contributed by atoms with Crippen LogP contribution >= 0.6 is 0 Å². The van der Waals surface area contributed by atoms with Gasteiger partial charge in [-0.2, -0.15) is 15.8 Å². The first-order valence-corrected chi connectivity index (χ1v) is 21.4. The second kappa shape index (κ2) is 17.0. The van der Waals surface area contributed by atoms with Gasteiger partial charge in [0.1, 0.15) is 0 Å². The molecule has 0 N–H and O–H groups in total. The first-order valence-electron chi connectivity index (χ1n) is 21.4. The van der Waals surface area contributed by atoms with Gasteiger partial charge in [0.15, 0.2) is 34.9 Å². The minimum Gasteiger partial charge on any atom is -0.308 e. The van der Waals surface area contributed by atoms with Crippen molar-refractivity contribution in [2.75, 3.05) is 0 Å². The van der Waals surface area contributed by atoms with E-state index in [1.807, 2.05) is 170 Å². The zero-order valence-corrected chi connectivity index (χ0v) is 35.4. The van der Waals surface area contributed by atoms with Gasteiger partial charge in [-0.1, -0.05) is 152 Å². The summed E-state index contributed by atoms with van der Waals surface area (Å²) in [6, 6.07) is 69.1. The molecule has 10 nitrogen and oxygen atoms in total. The Morgan fingerprint density at radius 3 is 1.16 bits per heavy atom. The Hall–Kier alpha value is -9.95. The third-order valence-corrected chi connectivity index (χ3v) is 11.6. The molecule has 0 saturated carbocycles. The zero-order chi connectivity index (χ0) is 45.3. The summed E-state index contributed by atoms with van der Waals surface area (Å²) in [7, 11) is 0. The molecule has 0 fully saturated rings. The highest BCUT2D eigenvalue weighted by Gasteiger charge is 2.25. The molecule has 67 heavy (non-hydrogen) atoms. The monoisotopic (exact) mass is 856 g/mol. The largest absolute Gasteiger partial charge is 0.308 e. The Balaban J connectivity index is 1.25. The Labute approximate surface area is 384 Å². The van der Waals surface area contributed by atoms with Gasteiger partial charge in [0.25, 0.3) is 0 Å². The molecule has 0 radical (unpaired) electrons. The lowest BCUT2D eigenvalue weighted by Gasteiger charge is -2.19. The van der Waals surface area contributed by atoms with Crippen LogP contribution in [0.25, 0.3) is 107 Å². The van der Waals surface area contributed by atoms with Crippen molar-refractivity contribution < 1.29 is 0 Å². The summed E-state index contributed by atoms with van der Waals surface area (Å²) in [5, 5.41) is 32.1. The van der Waals surface area contributed by atoms with E-state index in [1.165, 1.54) is 12.1 Å². The molecule has 0 aliphatic rings. The van der Waals surface area contributed by atoms with Crippen molar-refractivity contribution in [1.82, 2.24) is 34.5 Å². The average Bonchev–Trinajstić information content (AvgIpc) is 3.74. The number of rotatable bonds is 8. The van der Waals surface area contributed by atoms with Gasteiger partial charge >= 0.3 is 0 Å². The first-order chi connectivity index (χ1) is 33.1. The van der Waals surface area contributed by atoms with Crippen molar-refractivity contribution >= 4 is 21.8 Å². The number of para-hydroxylation sites is 2. The van der Waals surface area contributed by atoms with Crippen molar-refractivity contribution in [3.05, 3.63) is 211 Å². The zero-order valence-electron chi connectivity index (χ0n) is 35.4. The van der Waals surface area contributed by atoms with Crippen LogP contribution in [-0.2, 0) is 0 Å². The second-order valence-electron chi connectivity index (χ2n) is 15.6. The number of hydrogen-bond donors (Lipinski definition) is 0. The molecule has 8 aromatic carbocycles. The van der Waals surface area contributed by atoms with Gasteiger partial charge in [-0.3, -0.25) is 0 Å². The van der Waals surface area contributed by atoms with E-state index in [4.69, 9.17) is 29.9 Å². The molecule has 310 valence electrons. The standard InChI is InChI=1S/C57H32N10/c58-33-36-30-42(34-59)50(43(31-36)35-60)41-28-29-49-47(32-41)44-24-13-14-27-48(44)67(49)51-45(56-63-52(37-16-5-1-6-17-37)61-53(64-56)38-18-7-2-8-19-38)25-15-26-46(51)57-65-54(39-20-9-3-10-21-39)62-55(66-57)40-22-11-4-12-23-40/h1-32H. The van der Waals surface area contributed by atoms with Crippen LogP contribution in [0.3, 0.4) is 0 Å². The molecule has 10 heteroatoms. The van der Waals surface area contributed by atoms with Gasteiger partial charge in [-0.15, -0.1) is 0 Å². The Kier molecular flexibility index (Phi) is 10.1. The van der Waals surface area contributed by atoms with Crippen molar-refractivity contribution in [2.24, 2.45) is 0 Å². The van der Waals surface area contributed by atoms with E-state index >= 15 is 0 Å². The molecule has 0 atom stereocenters. The lowest BCUT2D eigenvalue weighted by molar-refractivity contribution is 1.05. The lowest BCUT2D eigenvalue weighted by Crippen LogP contribution is -2.07. The molecule has 0 spiro atoms.